The van der Waals surface area contributed by atoms with E-state index in [9.17, 15) is 9.59 Å². The van der Waals surface area contributed by atoms with Crippen LogP contribution in [0.2, 0.25) is 64.5 Å². The molecule has 0 aliphatic carbocycles. The molecule has 0 N–H and O–H groups in total. The molecule has 0 amide bonds. The van der Waals surface area contributed by atoms with Gasteiger partial charge in [0.2, 0.25) is 0 Å². The Bertz CT molecular complexity index is 1770. The van der Waals surface area contributed by atoms with E-state index in [1.807, 2.05) is 48.5 Å². The van der Waals surface area contributed by atoms with Crippen molar-refractivity contribution in [2.45, 2.75) is 90.1 Å². The third kappa shape index (κ3) is 17.4. The van der Waals surface area contributed by atoms with Gasteiger partial charge in [0.15, 0.2) is 16.6 Å². The number of benzene rings is 4. The minimum atomic E-state index is -2.43. The van der Waals surface area contributed by atoms with Gasteiger partial charge in [0.1, 0.15) is 24.1 Å². The monoisotopic (exact) mass is 842 g/mol. The van der Waals surface area contributed by atoms with E-state index >= 15 is 0 Å². The number of unbranched alkanes of at least 4 members (excludes halogenated alkanes) is 2. The Balaban J connectivity index is 1.10. The van der Waals surface area contributed by atoms with Crippen molar-refractivity contribution in [3.63, 3.8) is 0 Å². The van der Waals surface area contributed by atoms with E-state index < -0.39 is 33.8 Å². The molecule has 0 aliphatic rings. The standard InChI is InChI=1S/C42H58N4O7Si4/c1-54(2,31-11-9-29-49-41-25-21-39(22-26-41)45-43-37-17-13-35(33-47)14-18-37)51-56(5,6)53-57(7,8)52-55(3,4)32-12-10-30-50-42-27-23-40(24-28-42)46-44-38-19-15-36(34-48)16-20-38/h13-28,33-34H,9-12,29-32H2,1-8H3. The number of azo groups is 2. The summed E-state index contributed by atoms with van der Waals surface area (Å²) in [7, 11) is -8.81. The van der Waals surface area contributed by atoms with Crippen molar-refractivity contribution in [1.82, 2.24) is 0 Å². The average molecular weight is 843 g/mol. The minimum Gasteiger partial charge on any atom is -0.494 e. The van der Waals surface area contributed by atoms with Gasteiger partial charge in [-0.15, -0.1) is 0 Å². The summed E-state index contributed by atoms with van der Waals surface area (Å²) in [5.41, 5.74) is 4.05. The first kappa shape index (κ1) is 45.5. The molecule has 0 heterocycles. The second kappa shape index (κ2) is 21.5. The zero-order valence-corrected chi connectivity index (χ0v) is 38.7. The lowest BCUT2D eigenvalue weighted by molar-refractivity contribution is 0.111. The van der Waals surface area contributed by atoms with Gasteiger partial charge in [-0.2, -0.15) is 20.5 Å². The maximum Gasteiger partial charge on any atom is 0.312 e. The molecule has 0 unspecified atom stereocenters. The Kier molecular flexibility index (Phi) is 17.2. The lowest BCUT2D eigenvalue weighted by Gasteiger charge is -2.41. The second-order valence-corrected chi connectivity index (χ2v) is 32.1. The van der Waals surface area contributed by atoms with Crippen LogP contribution >= 0.6 is 0 Å². The van der Waals surface area contributed by atoms with Crippen LogP contribution in [0.1, 0.15) is 46.4 Å². The van der Waals surface area contributed by atoms with Crippen LogP contribution in [0, 0.1) is 0 Å². The average Bonchev–Trinajstić information content (AvgIpc) is 3.16. The summed E-state index contributed by atoms with van der Waals surface area (Å²) >= 11 is 0. The molecular weight excluding hydrogens is 785 g/mol. The quantitative estimate of drug-likeness (QED) is 0.0297. The minimum absolute atomic E-state index is 0.608. The number of aldehydes is 2. The smallest absolute Gasteiger partial charge is 0.312 e. The molecule has 0 fully saturated rings. The van der Waals surface area contributed by atoms with Gasteiger partial charge in [-0.3, -0.25) is 9.59 Å². The molecular formula is C42H58N4O7Si4. The van der Waals surface area contributed by atoms with Crippen LogP contribution in [0.4, 0.5) is 22.7 Å². The van der Waals surface area contributed by atoms with E-state index in [0.29, 0.717) is 35.7 Å². The van der Waals surface area contributed by atoms with Gasteiger partial charge in [-0.05, 0) is 174 Å². The molecule has 0 spiro atoms. The van der Waals surface area contributed by atoms with Gasteiger partial charge in [-0.1, -0.05) is 12.8 Å². The van der Waals surface area contributed by atoms with Crippen LogP contribution in [0.25, 0.3) is 0 Å². The number of nitrogens with zero attached hydrogens (tertiary/aromatic N) is 4. The van der Waals surface area contributed by atoms with Crippen molar-refractivity contribution in [1.29, 1.82) is 0 Å². The number of carbonyl (C=O) groups is 2. The summed E-state index contributed by atoms with van der Waals surface area (Å²) in [4.78, 5) is 21.7. The number of ether oxygens (including phenoxy) is 2. The third-order valence-corrected chi connectivity index (χ3v) is 24.1. The fraction of sp³-hybridized carbons (Fsp3) is 0.381. The fourth-order valence-corrected chi connectivity index (χ4v) is 25.9. The van der Waals surface area contributed by atoms with Crippen LogP contribution in [0.15, 0.2) is 118 Å². The Morgan fingerprint density at radius 2 is 0.719 bits per heavy atom. The second-order valence-electron chi connectivity index (χ2n) is 16.0. The topological polar surface area (TPSA) is 130 Å². The van der Waals surface area contributed by atoms with Crippen LogP contribution in [-0.4, -0.2) is 59.5 Å². The van der Waals surface area contributed by atoms with E-state index in [-0.39, 0.29) is 0 Å². The molecule has 0 atom stereocenters. The molecule has 4 rings (SSSR count). The van der Waals surface area contributed by atoms with E-state index in [0.717, 1.165) is 73.2 Å². The van der Waals surface area contributed by atoms with Crippen molar-refractivity contribution < 1.29 is 31.4 Å². The highest BCUT2D eigenvalue weighted by atomic mass is 28.5. The predicted molar refractivity (Wildman–Crippen MR) is 237 cm³/mol. The molecule has 57 heavy (non-hydrogen) atoms. The normalized spacial score (nSPS) is 12.6. The Hall–Kier alpha value is -4.23. The zero-order chi connectivity index (χ0) is 41.4. The molecule has 15 heteroatoms. The summed E-state index contributed by atoms with van der Waals surface area (Å²) in [5, 5.41) is 17.0. The predicted octanol–water partition coefficient (Wildman–Crippen LogP) is 13.0. The van der Waals surface area contributed by atoms with E-state index in [2.05, 4.69) is 72.8 Å². The Morgan fingerprint density at radius 1 is 0.421 bits per heavy atom. The maximum atomic E-state index is 10.8. The molecule has 4 aromatic rings. The number of carbonyl (C=O) groups excluding carboxylic acids is 2. The Labute approximate surface area is 342 Å². The first-order valence-electron chi connectivity index (χ1n) is 19.5. The van der Waals surface area contributed by atoms with Gasteiger partial charge in [-0.25, -0.2) is 0 Å². The molecule has 4 aromatic carbocycles. The van der Waals surface area contributed by atoms with Crippen molar-refractivity contribution in [3.8, 4) is 11.5 Å². The SMILES string of the molecule is C[Si](C)(CCCCOc1ccc(N=Nc2ccc(C=O)cc2)cc1)O[Si](C)(C)O[Si](C)(C)O[Si](C)(C)CCCCOc1ccc(N=Nc2ccc(C=O)cc2)cc1. The number of rotatable bonds is 24. The van der Waals surface area contributed by atoms with Crippen molar-refractivity contribution in [3.05, 3.63) is 108 Å². The van der Waals surface area contributed by atoms with Crippen molar-refractivity contribution in [2.75, 3.05) is 13.2 Å². The van der Waals surface area contributed by atoms with Gasteiger partial charge < -0.3 is 21.8 Å². The molecule has 0 aliphatic heterocycles. The van der Waals surface area contributed by atoms with Crippen LogP contribution in [-0.2, 0) is 12.3 Å². The van der Waals surface area contributed by atoms with Gasteiger partial charge in [0, 0.05) is 11.1 Å². The molecule has 0 radical (unpaired) electrons. The summed E-state index contributed by atoms with van der Waals surface area (Å²) in [6, 6.07) is 31.1. The molecule has 0 saturated carbocycles. The summed E-state index contributed by atoms with van der Waals surface area (Å²) in [6.07, 6.45) is 5.54. The van der Waals surface area contributed by atoms with Crippen LogP contribution in [0.3, 0.4) is 0 Å². The molecule has 304 valence electrons. The first-order valence-corrected chi connectivity index (χ1v) is 31.4. The summed E-state index contributed by atoms with van der Waals surface area (Å²) in [6.45, 7) is 19.0. The van der Waals surface area contributed by atoms with E-state index in [1.54, 1.807) is 48.5 Å². The summed E-state index contributed by atoms with van der Waals surface area (Å²) < 4.78 is 32.4. The van der Waals surface area contributed by atoms with E-state index in [1.165, 1.54) is 0 Å². The highest BCUT2D eigenvalue weighted by molar-refractivity contribution is 6.89. The molecule has 0 aromatic heterocycles. The van der Waals surface area contributed by atoms with E-state index in [4.69, 9.17) is 21.8 Å². The lowest BCUT2D eigenvalue weighted by Crippen LogP contribution is -2.56. The zero-order valence-electron chi connectivity index (χ0n) is 34.7. The van der Waals surface area contributed by atoms with Gasteiger partial charge in [0.05, 0.1) is 36.0 Å². The molecule has 0 bridgehead atoms. The fourth-order valence-electron chi connectivity index (χ4n) is 6.44. The Morgan fingerprint density at radius 3 is 1.02 bits per heavy atom. The number of hydrogen-bond acceptors (Lipinski definition) is 11. The maximum absolute atomic E-state index is 10.8. The van der Waals surface area contributed by atoms with Crippen molar-refractivity contribution in [2.24, 2.45) is 20.5 Å². The molecule has 0 saturated heterocycles. The summed E-state index contributed by atoms with van der Waals surface area (Å²) in [5.74, 6) is 1.60. The third-order valence-electron chi connectivity index (χ3n) is 8.71. The highest BCUT2D eigenvalue weighted by Crippen LogP contribution is 2.29. The number of hydrogen-bond donors (Lipinski definition) is 0. The van der Waals surface area contributed by atoms with Crippen molar-refractivity contribution >= 4 is 69.1 Å². The van der Waals surface area contributed by atoms with Gasteiger partial charge in [0.25, 0.3) is 0 Å². The highest BCUT2D eigenvalue weighted by Gasteiger charge is 2.43. The van der Waals surface area contributed by atoms with Crippen LogP contribution < -0.4 is 9.47 Å². The van der Waals surface area contributed by atoms with Gasteiger partial charge >= 0.3 is 17.1 Å². The molecule has 11 nitrogen and oxygen atoms in total. The van der Waals surface area contributed by atoms with Crippen LogP contribution in [0.5, 0.6) is 11.5 Å². The first-order chi connectivity index (χ1) is 27.0. The lowest BCUT2D eigenvalue weighted by atomic mass is 10.2. The largest absolute Gasteiger partial charge is 0.494 e.